The topological polar surface area (TPSA) is 115 Å². The van der Waals surface area contributed by atoms with Crippen molar-refractivity contribution in [1.29, 1.82) is 0 Å². The van der Waals surface area contributed by atoms with Gasteiger partial charge in [-0.15, -0.1) is 0 Å². The third-order valence-electron chi connectivity index (χ3n) is 7.40. The van der Waals surface area contributed by atoms with Gasteiger partial charge in [-0.3, -0.25) is 9.69 Å². The molecule has 0 spiro atoms. The fraction of sp³-hybridized carbons (Fsp3) is 0.448. The molecular formula is C29H33ClFN5O6. The highest BCUT2D eigenvalue weighted by atomic mass is 35.5. The molecule has 11 nitrogen and oxygen atoms in total. The van der Waals surface area contributed by atoms with Gasteiger partial charge in [0.2, 0.25) is 5.91 Å². The van der Waals surface area contributed by atoms with E-state index in [1.165, 1.54) is 24.4 Å². The molecule has 5 rings (SSSR count). The summed E-state index contributed by atoms with van der Waals surface area (Å²) in [6.45, 7) is 5.67. The molecule has 0 bridgehead atoms. The number of amides is 2. The second kappa shape index (κ2) is 13.0. The minimum atomic E-state index is -0.748. The first-order valence-corrected chi connectivity index (χ1v) is 14.2. The van der Waals surface area contributed by atoms with E-state index in [-0.39, 0.29) is 35.7 Å². The molecular weight excluding hydrogens is 569 g/mol. The molecule has 2 aromatic carbocycles. The summed E-state index contributed by atoms with van der Waals surface area (Å²) in [5.41, 5.74) is 0.682. The predicted octanol–water partition coefficient (Wildman–Crippen LogP) is 4.79. The number of ether oxygens (including phenoxy) is 4. The van der Waals surface area contributed by atoms with Gasteiger partial charge in [-0.1, -0.05) is 24.6 Å². The highest BCUT2D eigenvalue weighted by molar-refractivity contribution is 6.31. The molecule has 0 saturated carbocycles. The fourth-order valence-corrected chi connectivity index (χ4v) is 5.13. The molecule has 2 aliphatic heterocycles. The van der Waals surface area contributed by atoms with E-state index in [1.807, 2.05) is 13.8 Å². The maximum Gasteiger partial charge on any atom is 0.410 e. The van der Waals surface area contributed by atoms with E-state index >= 15 is 0 Å². The average Bonchev–Trinajstić information content (AvgIpc) is 3.43. The molecule has 0 aliphatic carbocycles. The largest absolute Gasteiger partial charge is 0.493 e. The Balaban J connectivity index is 1.43. The zero-order chi connectivity index (χ0) is 29.8. The maximum absolute atomic E-state index is 14.6. The Hall–Kier alpha value is -3.90. The smallest absolute Gasteiger partial charge is 0.410 e. The maximum atomic E-state index is 14.6. The number of carbonyl (C=O) groups is 2. The molecule has 1 unspecified atom stereocenters. The number of aromatic nitrogens is 2. The number of nitrogens with zero attached hydrogens (tertiary/aromatic N) is 4. The van der Waals surface area contributed by atoms with E-state index in [9.17, 15) is 14.0 Å². The summed E-state index contributed by atoms with van der Waals surface area (Å²) in [6, 6.07) is 7.26. The number of likely N-dealkylation sites (tertiary alicyclic amines) is 1. The van der Waals surface area contributed by atoms with Crippen LogP contribution in [0.15, 0.2) is 36.7 Å². The molecule has 42 heavy (non-hydrogen) atoms. The van der Waals surface area contributed by atoms with Crippen LogP contribution < -0.4 is 14.8 Å². The number of hydrogen-bond acceptors (Lipinski definition) is 9. The number of carbonyl (C=O) groups excluding carboxylic acids is 2. The lowest BCUT2D eigenvalue weighted by Crippen LogP contribution is -2.51. The van der Waals surface area contributed by atoms with Crippen molar-refractivity contribution in [3.05, 3.63) is 47.5 Å². The van der Waals surface area contributed by atoms with Gasteiger partial charge in [0.25, 0.3) is 0 Å². The molecule has 3 aromatic rings. The SMILES string of the molecule is CCC(C)OC(=O)N1C[C@H](Oc2cc3c(Nc4cccc(Cl)c4F)ncnc3cc2OC)C[C@H]1C(=O)N1CCOCC1. The molecule has 3 heterocycles. The fourth-order valence-electron chi connectivity index (χ4n) is 4.96. The van der Waals surface area contributed by atoms with Crippen LogP contribution in [0.4, 0.5) is 20.7 Å². The number of hydrogen-bond donors (Lipinski definition) is 1. The highest BCUT2D eigenvalue weighted by Gasteiger charge is 2.44. The van der Waals surface area contributed by atoms with Crippen LogP contribution in [0.5, 0.6) is 11.5 Å². The zero-order valence-electron chi connectivity index (χ0n) is 23.6. The Morgan fingerprint density at radius 1 is 1.21 bits per heavy atom. The minimum Gasteiger partial charge on any atom is -0.493 e. The monoisotopic (exact) mass is 601 g/mol. The lowest BCUT2D eigenvalue weighted by molar-refractivity contribution is -0.139. The molecule has 2 aliphatic rings. The molecule has 2 amide bonds. The quantitative estimate of drug-likeness (QED) is 0.389. The summed E-state index contributed by atoms with van der Waals surface area (Å²) < 4.78 is 37.6. The number of fused-ring (bicyclic) bond motifs is 1. The number of nitrogens with one attached hydrogen (secondary N) is 1. The van der Waals surface area contributed by atoms with Crippen LogP contribution in [-0.2, 0) is 14.3 Å². The standard InChI is InChI=1S/C29H33ClFN5O6/c1-4-17(2)41-29(38)36-15-18(12-23(36)28(37)35-8-10-40-11-9-35)42-25-13-19-22(14-24(25)39-3)32-16-33-27(19)34-21-7-5-6-20(30)26(21)31/h5-7,13-14,16-18,23H,4,8-12,15H2,1-3H3,(H,32,33,34)/t17?,18-,23+/m1/s1. The van der Waals surface area contributed by atoms with Crippen LogP contribution in [0.1, 0.15) is 26.7 Å². The molecule has 224 valence electrons. The van der Waals surface area contributed by atoms with Gasteiger partial charge in [0.15, 0.2) is 17.3 Å². The predicted molar refractivity (Wildman–Crippen MR) is 154 cm³/mol. The van der Waals surface area contributed by atoms with E-state index in [1.54, 1.807) is 29.2 Å². The molecule has 0 radical (unpaired) electrons. The Morgan fingerprint density at radius 3 is 2.74 bits per heavy atom. The minimum absolute atomic E-state index is 0.0251. The lowest BCUT2D eigenvalue weighted by Gasteiger charge is -2.32. The summed E-state index contributed by atoms with van der Waals surface area (Å²) in [6.07, 6.45) is 0.864. The van der Waals surface area contributed by atoms with Crippen molar-refractivity contribution in [3.8, 4) is 11.5 Å². The van der Waals surface area contributed by atoms with Gasteiger partial charge >= 0.3 is 6.09 Å². The highest BCUT2D eigenvalue weighted by Crippen LogP contribution is 2.37. The van der Waals surface area contributed by atoms with Crippen molar-refractivity contribution in [2.45, 2.75) is 44.9 Å². The number of methoxy groups -OCH3 is 1. The average molecular weight is 602 g/mol. The third-order valence-corrected chi connectivity index (χ3v) is 7.69. The van der Waals surface area contributed by atoms with Gasteiger partial charge in [-0.2, -0.15) is 0 Å². The molecule has 1 N–H and O–H groups in total. The zero-order valence-corrected chi connectivity index (χ0v) is 24.4. The van der Waals surface area contributed by atoms with E-state index < -0.39 is 24.1 Å². The second-order valence-corrected chi connectivity index (χ2v) is 10.6. The van der Waals surface area contributed by atoms with Gasteiger partial charge in [0.1, 0.15) is 30.4 Å². The molecule has 2 saturated heterocycles. The van der Waals surface area contributed by atoms with E-state index in [2.05, 4.69) is 15.3 Å². The number of morpholine rings is 1. The summed E-state index contributed by atoms with van der Waals surface area (Å²) in [5, 5.41) is 3.50. The normalized spacial score (nSPS) is 19.5. The first kappa shape index (κ1) is 29.6. The summed E-state index contributed by atoms with van der Waals surface area (Å²) >= 11 is 5.96. The summed E-state index contributed by atoms with van der Waals surface area (Å²) in [7, 11) is 1.50. The lowest BCUT2D eigenvalue weighted by atomic mass is 10.1. The van der Waals surface area contributed by atoms with E-state index in [0.29, 0.717) is 60.9 Å². The Bertz CT molecular complexity index is 1460. The van der Waals surface area contributed by atoms with E-state index in [4.69, 9.17) is 30.5 Å². The van der Waals surface area contributed by atoms with Gasteiger partial charge in [-0.05, 0) is 31.5 Å². The summed E-state index contributed by atoms with van der Waals surface area (Å²) in [4.78, 5) is 38.4. The molecule has 2 fully saturated rings. The van der Waals surface area contributed by atoms with Crippen molar-refractivity contribution in [3.63, 3.8) is 0 Å². The first-order chi connectivity index (χ1) is 20.3. The van der Waals surface area contributed by atoms with Gasteiger partial charge in [0.05, 0.1) is 43.1 Å². The number of benzene rings is 2. The Kier molecular flexibility index (Phi) is 9.12. The van der Waals surface area contributed by atoms with Gasteiger partial charge in [0, 0.05) is 31.0 Å². The van der Waals surface area contributed by atoms with Crippen molar-refractivity contribution in [1.82, 2.24) is 19.8 Å². The third kappa shape index (κ3) is 6.29. The van der Waals surface area contributed by atoms with E-state index in [0.717, 1.165) is 0 Å². The number of rotatable bonds is 8. The Morgan fingerprint density at radius 2 is 2.00 bits per heavy atom. The van der Waals surface area contributed by atoms with Crippen LogP contribution in [0, 0.1) is 5.82 Å². The van der Waals surface area contributed by atoms with Crippen molar-refractivity contribution >= 4 is 46.0 Å². The van der Waals surface area contributed by atoms with Crippen LogP contribution in [0.3, 0.4) is 0 Å². The van der Waals surface area contributed by atoms with Crippen LogP contribution in [-0.4, -0.2) is 90.0 Å². The van der Waals surface area contributed by atoms with Gasteiger partial charge in [-0.25, -0.2) is 19.2 Å². The van der Waals surface area contributed by atoms with Crippen molar-refractivity contribution in [2.24, 2.45) is 0 Å². The van der Waals surface area contributed by atoms with Crippen LogP contribution in [0.25, 0.3) is 10.9 Å². The second-order valence-electron chi connectivity index (χ2n) is 10.2. The molecule has 3 atom stereocenters. The summed E-state index contributed by atoms with van der Waals surface area (Å²) in [5.74, 6) is 0.313. The Labute approximate surface area is 247 Å². The number of halogens is 2. The van der Waals surface area contributed by atoms with Gasteiger partial charge < -0.3 is 29.2 Å². The van der Waals surface area contributed by atoms with Crippen LogP contribution >= 0.6 is 11.6 Å². The van der Waals surface area contributed by atoms with Crippen molar-refractivity contribution < 1.29 is 32.9 Å². The van der Waals surface area contributed by atoms with Crippen molar-refractivity contribution in [2.75, 3.05) is 45.3 Å². The first-order valence-electron chi connectivity index (χ1n) is 13.8. The molecule has 1 aromatic heterocycles. The molecule has 13 heteroatoms. The van der Waals surface area contributed by atoms with Crippen LogP contribution in [0.2, 0.25) is 5.02 Å². The number of anilines is 2.